The Bertz CT molecular complexity index is 164. The molecule has 0 heterocycles. The van der Waals surface area contributed by atoms with E-state index >= 15 is 0 Å². The Labute approximate surface area is 87.8 Å². The van der Waals surface area contributed by atoms with E-state index in [9.17, 15) is 18.3 Å². The molecule has 92 valence electrons. The zero-order valence-corrected chi connectivity index (χ0v) is 9.05. The number of halogens is 3. The molecule has 1 N–H and O–H groups in total. The van der Waals surface area contributed by atoms with Gasteiger partial charge in [-0.25, -0.2) is 0 Å². The van der Waals surface area contributed by atoms with Gasteiger partial charge in [0.2, 0.25) is 0 Å². The van der Waals surface area contributed by atoms with Gasteiger partial charge in [-0.05, 0) is 6.42 Å². The molecule has 0 aliphatic carbocycles. The van der Waals surface area contributed by atoms with Gasteiger partial charge in [0.15, 0.2) is 0 Å². The third-order valence-electron chi connectivity index (χ3n) is 1.95. The Morgan fingerprint density at radius 3 is 2.40 bits per heavy atom. The monoisotopic (exact) mass is 229 g/mol. The molecule has 0 aromatic carbocycles. The van der Waals surface area contributed by atoms with Crippen LogP contribution in [0.3, 0.4) is 0 Å². The minimum absolute atomic E-state index is 0.0272. The van der Waals surface area contributed by atoms with Crippen LogP contribution in [0.4, 0.5) is 13.2 Å². The van der Waals surface area contributed by atoms with Gasteiger partial charge in [0.05, 0.1) is 19.3 Å². The van der Waals surface area contributed by atoms with Crippen molar-refractivity contribution >= 4 is 0 Å². The number of alkyl halides is 3. The Kier molecular flexibility index (Phi) is 6.87. The van der Waals surface area contributed by atoms with Crippen molar-refractivity contribution in [2.24, 2.45) is 0 Å². The number of aliphatic hydroxyl groups is 1. The Morgan fingerprint density at radius 2 is 2.00 bits per heavy atom. The van der Waals surface area contributed by atoms with Gasteiger partial charge in [0.1, 0.15) is 0 Å². The molecule has 0 aliphatic heterocycles. The molecule has 1 atom stereocenters. The molecular weight excluding hydrogens is 211 g/mol. The van der Waals surface area contributed by atoms with Crippen molar-refractivity contribution in [1.82, 2.24) is 4.90 Å². The SMILES string of the molecule is CC[C@@H](O)CN(CCOC)CC(F)(F)F. The fraction of sp³-hybridized carbons (Fsp3) is 1.00. The lowest BCUT2D eigenvalue weighted by atomic mass is 10.2. The van der Waals surface area contributed by atoms with Crippen molar-refractivity contribution in [3.05, 3.63) is 0 Å². The molecular formula is C9H18F3NO2. The van der Waals surface area contributed by atoms with Gasteiger partial charge >= 0.3 is 6.18 Å². The molecule has 3 nitrogen and oxygen atoms in total. The first-order valence-electron chi connectivity index (χ1n) is 4.85. The van der Waals surface area contributed by atoms with Crippen LogP contribution in [0.25, 0.3) is 0 Å². The largest absolute Gasteiger partial charge is 0.401 e. The zero-order chi connectivity index (χ0) is 11.9. The van der Waals surface area contributed by atoms with Crippen LogP contribution in [0.2, 0.25) is 0 Å². The highest BCUT2D eigenvalue weighted by Crippen LogP contribution is 2.16. The van der Waals surface area contributed by atoms with Crippen LogP contribution in [0.5, 0.6) is 0 Å². The van der Waals surface area contributed by atoms with Crippen LogP contribution in [0, 0.1) is 0 Å². The zero-order valence-electron chi connectivity index (χ0n) is 9.05. The van der Waals surface area contributed by atoms with Crippen LogP contribution >= 0.6 is 0 Å². The number of aliphatic hydroxyl groups excluding tert-OH is 1. The lowest BCUT2D eigenvalue weighted by Crippen LogP contribution is -2.40. The summed E-state index contributed by atoms with van der Waals surface area (Å²) in [4.78, 5) is 1.15. The van der Waals surface area contributed by atoms with Crippen molar-refractivity contribution in [1.29, 1.82) is 0 Å². The predicted octanol–water partition coefficient (Wildman–Crippen LogP) is 1.27. The first-order valence-corrected chi connectivity index (χ1v) is 4.85. The highest BCUT2D eigenvalue weighted by Gasteiger charge is 2.31. The van der Waals surface area contributed by atoms with Gasteiger partial charge < -0.3 is 9.84 Å². The summed E-state index contributed by atoms with van der Waals surface area (Å²) in [7, 11) is 1.43. The van der Waals surface area contributed by atoms with Gasteiger partial charge in [0.25, 0.3) is 0 Å². The first kappa shape index (κ1) is 14.7. The van der Waals surface area contributed by atoms with E-state index < -0.39 is 18.8 Å². The van der Waals surface area contributed by atoms with E-state index in [0.29, 0.717) is 6.42 Å². The van der Waals surface area contributed by atoms with Crippen molar-refractivity contribution in [2.75, 3.05) is 33.4 Å². The van der Waals surface area contributed by atoms with Crippen LogP contribution in [0.1, 0.15) is 13.3 Å². The Balaban J connectivity index is 4.06. The lowest BCUT2D eigenvalue weighted by molar-refractivity contribution is -0.149. The Hall–Kier alpha value is -0.330. The highest BCUT2D eigenvalue weighted by molar-refractivity contribution is 4.67. The molecule has 0 aromatic heterocycles. The summed E-state index contributed by atoms with van der Waals surface area (Å²) < 4.78 is 41.1. The van der Waals surface area contributed by atoms with E-state index in [1.807, 2.05) is 0 Å². The van der Waals surface area contributed by atoms with Crippen LogP contribution in [0.15, 0.2) is 0 Å². The Morgan fingerprint density at radius 1 is 1.40 bits per heavy atom. The third-order valence-corrected chi connectivity index (χ3v) is 1.95. The van der Waals surface area contributed by atoms with E-state index in [1.165, 1.54) is 7.11 Å². The van der Waals surface area contributed by atoms with Gasteiger partial charge in [0, 0.05) is 20.2 Å². The highest BCUT2D eigenvalue weighted by atomic mass is 19.4. The maximum Gasteiger partial charge on any atom is 0.401 e. The fourth-order valence-electron chi connectivity index (χ4n) is 1.14. The minimum Gasteiger partial charge on any atom is -0.392 e. The molecule has 0 fully saturated rings. The average Bonchev–Trinajstić information content (AvgIpc) is 2.11. The summed E-state index contributed by atoms with van der Waals surface area (Å²) in [5, 5.41) is 9.27. The van der Waals surface area contributed by atoms with Crippen molar-refractivity contribution < 1.29 is 23.0 Å². The van der Waals surface area contributed by atoms with Crippen LogP contribution < -0.4 is 0 Å². The fourth-order valence-corrected chi connectivity index (χ4v) is 1.14. The first-order chi connectivity index (χ1) is 6.89. The predicted molar refractivity (Wildman–Crippen MR) is 50.7 cm³/mol. The molecule has 0 saturated carbocycles. The standard InChI is InChI=1S/C9H18F3NO2/c1-3-8(14)6-13(4-5-15-2)7-9(10,11)12/h8,14H,3-7H2,1-2H3/t8-/m1/s1. The molecule has 15 heavy (non-hydrogen) atoms. The lowest BCUT2D eigenvalue weighted by Gasteiger charge is -2.25. The van der Waals surface area contributed by atoms with Crippen molar-refractivity contribution in [3.63, 3.8) is 0 Å². The van der Waals surface area contributed by atoms with E-state index in [1.54, 1.807) is 6.92 Å². The molecule has 0 saturated heterocycles. The van der Waals surface area contributed by atoms with Gasteiger partial charge in [-0.1, -0.05) is 6.92 Å². The molecule has 0 radical (unpaired) electrons. The molecule has 0 aromatic rings. The van der Waals surface area contributed by atoms with Crippen molar-refractivity contribution in [3.8, 4) is 0 Å². The van der Waals surface area contributed by atoms with E-state index in [4.69, 9.17) is 4.74 Å². The van der Waals surface area contributed by atoms with Gasteiger partial charge in [-0.2, -0.15) is 13.2 Å². The number of rotatable bonds is 7. The van der Waals surface area contributed by atoms with Gasteiger partial charge in [-0.15, -0.1) is 0 Å². The minimum atomic E-state index is -4.23. The number of methoxy groups -OCH3 is 1. The molecule has 0 bridgehead atoms. The quantitative estimate of drug-likeness (QED) is 0.713. The summed E-state index contributed by atoms with van der Waals surface area (Å²) >= 11 is 0. The molecule has 0 aliphatic rings. The molecule has 0 spiro atoms. The molecule has 0 unspecified atom stereocenters. The molecule has 0 rings (SSSR count). The maximum absolute atomic E-state index is 12.1. The van der Waals surface area contributed by atoms with Gasteiger partial charge in [-0.3, -0.25) is 4.90 Å². The second kappa shape index (κ2) is 7.03. The molecule has 0 amide bonds. The summed E-state index contributed by atoms with van der Waals surface area (Å²) in [5.41, 5.74) is 0. The number of nitrogens with zero attached hydrogens (tertiary/aromatic N) is 1. The number of hydrogen-bond donors (Lipinski definition) is 1. The summed E-state index contributed by atoms with van der Waals surface area (Å²) in [6.07, 6.45) is -4.51. The van der Waals surface area contributed by atoms with Crippen molar-refractivity contribution in [2.45, 2.75) is 25.6 Å². The number of ether oxygens (including phenoxy) is 1. The second-order valence-corrected chi connectivity index (χ2v) is 3.41. The number of hydrogen-bond acceptors (Lipinski definition) is 3. The maximum atomic E-state index is 12.1. The second-order valence-electron chi connectivity index (χ2n) is 3.41. The van der Waals surface area contributed by atoms with Crippen LogP contribution in [-0.4, -0.2) is 55.6 Å². The van der Waals surface area contributed by atoms with E-state index in [0.717, 1.165) is 4.90 Å². The molecule has 6 heteroatoms. The normalized spacial score (nSPS) is 14.6. The summed E-state index contributed by atoms with van der Waals surface area (Å²) in [5.74, 6) is 0. The average molecular weight is 229 g/mol. The summed E-state index contributed by atoms with van der Waals surface area (Å²) in [6.45, 7) is 1.15. The van der Waals surface area contributed by atoms with Crippen LogP contribution in [-0.2, 0) is 4.74 Å². The van der Waals surface area contributed by atoms with E-state index in [2.05, 4.69) is 0 Å². The third kappa shape index (κ3) is 8.65. The smallest absolute Gasteiger partial charge is 0.392 e. The topological polar surface area (TPSA) is 32.7 Å². The van der Waals surface area contributed by atoms with E-state index in [-0.39, 0.29) is 19.7 Å². The summed E-state index contributed by atoms with van der Waals surface area (Å²) in [6, 6.07) is 0.